The van der Waals surface area contributed by atoms with E-state index in [1.807, 2.05) is 35.3 Å². The van der Waals surface area contributed by atoms with Crippen LogP contribution in [0.4, 0.5) is 0 Å². The Kier molecular flexibility index (Phi) is 4.24. The summed E-state index contributed by atoms with van der Waals surface area (Å²) in [6.07, 6.45) is 6.70. The second kappa shape index (κ2) is 6.32. The van der Waals surface area contributed by atoms with E-state index in [-0.39, 0.29) is 5.97 Å². The highest BCUT2D eigenvalue weighted by Gasteiger charge is 2.12. The number of methoxy groups -OCH3 is 1. The van der Waals surface area contributed by atoms with Crippen LogP contribution in [0.25, 0.3) is 10.9 Å². The van der Waals surface area contributed by atoms with Crippen molar-refractivity contribution < 1.29 is 14.1 Å². The van der Waals surface area contributed by atoms with Gasteiger partial charge in [-0.05, 0) is 29.8 Å². The standard InChI is InChI=1S/C17H16BrN2O2/c1-22-17(21)13-3-2-7-20(11-13)8-6-12-10-19-16-5-4-14(18)9-15(12)16/h2-5,7,9-11,19H,6,8H2,1H3/q+1. The van der Waals surface area contributed by atoms with Crippen LogP contribution in [-0.2, 0) is 17.7 Å². The third-order valence-corrected chi connectivity index (χ3v) is 4.14. The van der Waals surface area contributed by atoms with Crippen LogP contribution in [0.3, 0.4) is 0 Å². The number of rotatable bonds is 4. The van der Waals surface area contributed by atoms with E-state index in [1.165, 1.54) is 18.1 Å². The van der Waals surface area contributed by atoms with Crippen LogP contribution < -0.4 is 4.57 Å². The summed E-state index contributed by atoms with van der Waals surface area (Å²) in [7, 11) is 1.39. The predicted octanol–water partition coefficient (Wildman–Crippen LogP) is 3.25. The third-order valence-electron chi connectivity index (χ3n) is 3.65. The Morgan fingerprint density at radius 1 is 1.36 bits per heavy atom. The Morgan fingerprint density at radius 3 is 3.05 bits per heavy atom. The largest absolute Gasteiger partial charge is 0.465 e. The van der Waals surface area contributed by atoms with Gasteiger partial charge >= 0.3 is 5.97 Å². The van der Waals surface area contributed by atoms with Gasteiger partial charge in [-0.2, -0.15) is 0 Å². The normalized spacial score (nSPS) is 10.8. The number of benzene rings is 1. The summed E-state index contributed by atoms with van der Waals surface area (Å²) < 4.78 is 7.82. The fourth-order valence-corrected chi connectivity index (χ4v) is 2.87. The first-order valence-corrected chi connectivity index (χ1v) is 7.79. The number of aromatic nitrogens is 2. The van der Waals surface area contributed by atoms with Crippen molar-refractivity contribution in [3.05, 3.63) is 64.5 Å². The number of nitrogens with one attached hydrogen (secondary N) is 1. The van der Waals surface area contributed by atoms with Gasteiger partial charge in [0.15, 0.2) is 18.9 Å². The fraction of sp³-hybridized carbons (Fsp3) is 0.176. The van der Waals surface area contributed by atoms with Crippen LogP contribution in [0.1, 0.15) is 15.9 Å². The number of hydrogen-bond acceptors (Lipinski definition) is 2. The van der Waals surface area contributed by atoms with Gasteiger partial charge in [-0.1, -0.05) is 15.9 Å². The number of pyridine rings is 1. The number of nitrogens with zero attached hydrogens (tertiary/aromatic N) is 1. The molecular formula is C17H16BrN2O2+. The number of esters is 1. The molecule has 0 unspecified atom stereocenters. The van der Waals surface area contributed by atoms with E-state index in [4.69, 9.17) is 4.74 Å². The third kappa shape index (κ3) is 3.04. The molecule has 4 nitrogen and oxygen atoms in total. The molecule has 0 bridgehead atoms. The summed E-state index contributed by atoms with van der Waals surface area (Å²) in [5.74, 6) is -0.314. The molecule has 0 fully saturated rings. The van der Waals surface area contributed by atoms with E-state index in [0.717, 1.165) is 23.0 Å². The Hall–Kier alpha value is -2.14. The molecular weight excluding hydrogens is 344 g/mol. The molecule has 0 atom stereocenters. The maximum atomic E-state index is 11.6. The molecule has 0 spiro atoms. The minimum Gasteiger partial charge on any atom is -0.465 e. The van der Waals surface area contributed by atoms with Gasteiger partial charge < -0.3 is 9.72 Å². The molecule has 0 saturated carbocycles. The first-order chi connectivity index (χ1) is 10.7. The van der Waals surface area contributed by atoms with Gasteiger partial charge in [0.2, 0.25) is 0 Å². The fourth-order valence-electron chi connectivity index (χ4n) is 2.51. The number of fused-ring (bicyclic) bond motifs is 1. The number of halogens is 1. The Morgan fingerprint density at radius 2 is 2.23 bits per heavy atom. The lowest BCUT2D eigenvalue weighted by atomic mass is 10.1. The molecule has 0 aliphatic rings. The zero-order chi connectivity index (χ0) is 15.5. The van der Waals surface area contributed by atoms with Gasteiger partial charge in [0.05, 0.1) is 7.11 Å². The Labute approximate surface area is 136 Å². The molecule has 5 heteroatoms. The molecule has 0 aliphatic heterocycles. The minimum atomic E-state index is -0.314. The Balaban J connectivity index is 1.79. The maximum absolute atomic E-state index is 11.6. The van der Waals surface area contributed by atoms with Crippen LogP contribution >= 0.6 is 15.9 Å². The summed E-state index contributed by atoms with van der Waals surface area (Å²) in [6.45, 7) is 0.796. The summed E-state index contributed by atoms with van der Waals surface area (Å²) in [6, 6.07) is 9.82. The van der Waals surface area contributed by atoms with Crippen LogP contribution in [0.5, 0.6) is 0 Å². The van der Waals surface area contributed by atoms with Gasteiger partial charge in [0.25, 0.3) is 0 Å². The number of aromatic amines is 1. The smallest absolute Gasteiger partial charge is 0.343 e. The maximum Gasteiger partial charge on any atom is 0.343 e. The first kappa shape index (κ1) is 14.8. The lowest BCUT2D eigenvalue weighted by Crippen LogP contribution is -2.34. The molecule has 0 aliphatic carbocycles. The zero-order valence-corrected chi connectivity index (χ0v) is 13.8. The Bertz CT molecular complexity index is 826. The van der Waals surface area contributed by atoms with Crippen molar-refractivity contribution in [3.8, 4) is 0 Å². The number of ether oxygens (including phenoxy) is 1. The summed E-state index contributed by atoms with van der Waals surface area (Å²) in [5.41, 5.74) is 2.95. The number of aryl methyl sites for hydroxylation is 2. The van der Waals surface area contributed by atoms with Crippen molar-refractivity contribution >= 4 is 32.8 Å². The molecule has 1 aromatic carbocycles. The molecule has 22 heavy (non-hydrogen) atoms. The lowest BCUT2D eigenvalue weighted by Gasteiger charge is -2.00. The molecule has 1 N–H and O–H groups in total. The highest BCUT2D eigenvalue weighted by molar-refractivity contribution is 9.10. The monoisotopic (exact) mass is 359 g/mol. The van der Waals surface area contributed by atoms with E-state index < -0.39 is 0 Å². The van der Waals surface area contributed by atoms with E-state index >= 15 is 0 Å². The molecule has 3 rings (SSSR count). The quantitative estimate of drug-likeness (QED) is 0.574. The number of carbonyl (C=O) groups excluding carboxylic acids is 1. The van der Waals surface area contributed by atoms with Crippen LogP contribution in [0.2, 0.25) is 0 Å². The van der Waals surface area contributed by atoms with Crippen molar-refractivity contribution in [2.75, 3.05) is 7.11 Å². The zero-order valence-electron chi connectivity index (χ0n) is 12.2. The number of hydrogen-bond donors (Lipinski definition) is 1. The lowest BCUT2D eigenvalue weighted by molar-refractivity contribution is -0.696. The molecule has 112 valence electrons. The van der Waals surface area contributed by atoms with Crippen LogP contribution in [0.15, 0.2) is 53.4 Å². The number of carbonyl (C=O) groups is 1. The van der Waals surface area contributed by atoms with Gasteiger partial charge in [0, 0.05) is 34.1 Å². The predicted molar refractivity (Wildman–Crippen MR) is 87.7 cm³/mol. The van der Waals surface area contributed by atoms with Gasteiger partial charge in [-0.25, -0.2) is 9.36 Å². The van der Waals surface area contributed by atoms with Crippen molar-refractivity contribution in [2.24, 2.45) is 0 Å². The minimum absolute atomic E-state index is 0.314. The van der Waals surface area contributed by atoms with Gasteiger partial charge in [-0.15, -0.1) is 0 Å². The van der Waals surface area contributed by atoms with E-state index in [1.54, 1.807) is 6.07 Å². The second-order valence-corrected chi connectivity index (χ2v) is 5.99. The molecule has 2 heterocycles. The van der Waals surface area contributed by atoms with Crippen molar-refractivity contribution in [2.45, 2.75) is 13.0 Å². The SMILES string of the molecule is COC(=O)c1ccc[n+](CCc2c[nH]c3ccc(Br)cc23)c1. The summed E-state index contributed by atoms with van der Waals surface area (Å²) in [4.78, 5) is 14.9. The van der Waals surface area contributed by atoms with E-state index in [2.05, 4.69) is 33.0 Å². The highest BCUT2D eigenvalue weighted by atomic mass is 79.9. The van der Waals surface area contributed by atoms with E-state index in [0.29, 0.717) is 5.56 Å². The first-order valence-electron chi connectivity index (χ1n) is 7.00. The molecule has 0 saturated heterocycles. The highest BCUT2D eigenvalue weighted by Crippen LogP contribution is 2.23. The average Bonchev–Trinajstić information content (AvgIpc) is 2.94. The topological polar surface area (TPSA) is 46.0 Å². The summed E-state index contributed by atoms with van der Waals surface area (Å²) >= 11 is 3.51. The van der Waals surface area contributed by atoms with Crippen molar-refractivity contribution in [3.63, 3.8) is 0 Å². The number of H-pyrrole nitrogens is 1. The molecule has 2 aromatic heterocycles. The van der Waals surface area contributed by atoms with E-state index in [9.17, 15) is 4.79 Å². The van der Waals surface area contributed by atoms with Crippen LogP contribution in [-0.4, -0.2) is 18.1 Å². The summed E-state index contributed by atoms with van der Waals surface area (Å²) in [5, 5.41) is 1.22. The molecule has 3 aromatic rings. The second-order valence-electron chi connectivity index (χ2n) is 5.08. The van der Waals surface area contributed by atoms with Gasteiger partial charge in [-0.3, -0.25) is 0 Å². The van der Waals surface area contributed by atoms with Gasteiger partial charge in [0.1, 0.15) is 5.56 Å². The van der Waals surface area contributed by atoms with Crippen molar-refractivity contribution in [1.29, 1.82) is 0 Å². The molecule has 0 radical (unpaired) electrons. The van der Waals surface area contributed by atoms with Crippen LogP contribution in [0, 0.1) is 0 Å². The average molecular weight is 360 g/mol. The molecule has 0 amide bonds. The van der Waals surface area contributed by atoms with Crippen molar-refractivity contribution in [1.82, 2.24) is 4.98 Å².